The van der Waals surface area contributed by atoms with Gasteiger partial charge in [0.25, 0.3) is 0 Å². The van der Waals surface area contributed by atoms with Gasteiger partial charge < -0.3 is 4.74 Å². The van der Waals surface area contributed by atoms with E-state index in [1.54, 1.807) is 33.0 Å². The minimum atomic E-state index is -3.75. The Morgan fingerprint density at radius 1 is 1.45 bits per heavy atom. The number of pyridine rings is 1. The summed E-state index contributed by atoms with van der Waals surface area (Å²) in [5.41, 5.74) is 0.175. The van der Waals surface area contributed by atoms with Crippen molar-refractivity contribution in [1.82, 2.24) is 4.98 Å². The van der Waals surface area contributed by atoms with E-state index >= 15 is 0 Å². The Hall–Kier alpha value is -1.63. The highest BCUT2D eigenvalue weighted by atomic mass is 32.2. The normalized spacial score (nSPS) is 15.1. The van der Waals surface area contributed by atoms with Crippen LogP contribution in [0.4, 0.5) is 5.82 Å². The molecule has 20 heavy (non-hydrogen) atoms. The number of aromatic nitrogens is 1. The van der Waals surface area contributed by atoms with Gasteiger partial charge in [-0.05, 0) is 38.8 Å². The Bertz CT molecular complexity index is 620. The number of sulfonamides is 1. The summed E-state index contributed by atoms with van der Waals surface area (Å²) in [6.45, 7) is 5.41. The number of rotatable bonds is 3. The highest BCUT2D eigenvalue weighted by Gasteiger charge is 2.33. The van der Waals surface area contributed by atoms with Gasteiger partial charge in [-0.1, -0.05) is 6.07 Å². The minimum absolute atomic E-state index is 0.317. The Morgan fingerprint density at radius 2 is 2.15 bits per heavy atom. The molecule has 1 aromatic rings. The van der Waals surface area contributed by atoms with Gasteiger partial charge in [-0.3, -0.25) is 9.10 Å². The Labute approximate surface area is 118 Å². The predicted octanol–water partition coefficient (Wildman–Crippen LogP) is 1.12. The number of esters is 1. The van der Waals surface area contributed by atoms with Gasteiger partial charge in [-0.15, -0.1) is 0 Å². The molecule has 2 heterocycles. The second kappa shape index (κ2) is 5.05. The molecule has 7 heteroatoms. The number of hydrogen-bond acceptors (Lipinski definition) is 5. The topological polar surface area (TPSA) is 76.6 Å². The van der Waals surface area contributed by atoms with E-state index in [1.807, 2.05) is 6.07 Å². The fourth-order valence-electron chi connectivity index (χ4n) is 2.05. The second-order valence-corrected chi connectivity index (χ2v) is 7.54. The molecule has 0 atom stereocenters. The van der Waals surface area contributed by atoms with Crippen molar-refractivity contribution in [2.24, 2.45) is 0 Å². The molecule has 0 aromatic carbocycles. The Kier molecular flexibility index (Phi) is 3.73. The van der Waals surface area contributed by atoms with Gasteiger partial charge in [0.2, 0.25) is 10.0 Å². The number of hydrogen-bond donors (Lipinski definition) is 0. The first kappa shape index (κ1) is 14.8. The predicted molar refractivity (Wildman–Crippen MR) is 74.9 cm³/mol. The summed E-state index contributed by atoms with van der Waals surface area (Å²) >= 11 is 0. The molecule has 0 aliphatic carbocycles. The van der Waals surface area contributed by atoms with Crippen molar-refractivity contribution in [3.05, 3.63) is 23.9 Å². The molecule has 0 bridgehead atoms. The molecule has 1 aromatic heterocycles. The third-order valence-corrected chi connectivity index (χ3v) is 4.37. The van der Waals surface area contributed by atoms with E-state index in [2.05, 4.69) is 4.98 Å². The smallest absolute Gasteiger partial charge is 0.323 e. The molecule has 0 radical (unpaired) electrons. The SMILES string of the molecule is CC(C)(C)OC(=O)CS(=O)(=O)N1CCc2cccnc21. The molecule has 6 nitrogen and oxygen atoms in total. The van der Waals surface area contributed by atoms with Crippen molar-refractivity contribution in [3.63, 3.8) is 0 Å². The summed E-state index contributed by atoms with van der Waals surface area (Å²) in [4.78, 5) is 15.8. The number of fused-ring (bicyclic) bond motifs is 1. The monoisotopic (exact) mass is 298 g/mol. The summed E-state index contributed by atoms with van der Waals surface area (Å²) in [6, 6.07) is 3.61. The lowest BCUT2D eigenvalue weighted by Gasteiger charge is -2.22. The van der Waals surface area contributed by atoms with E-state index in [1.165, 1.54) is 4.31 Å². The lowest BCUT2D eigenvalue weighted by molar-refractivity contribution is -0.151. The van der Waals surface area contributed by atoms with Gasteiger partial charge in [0.1, 0.15) is 11.4 Å². The quantitative estimate of drug-likeness (QED) is 0.781. The van der Waals surface area contributed by atoms with Gasteiger partial charge in [0, 0.05) is 12.7 Å². The first-order valence-electron chi connectivity index (χ1n) is 6.35. The summed E-state index contributed by atoms with van der Waals surface area (Å²) in [7, 11) is -3.75. The van der Waals surface area contributed by atoms with Crippen LogP contribution in [-0.4, -0.2) is 37.3 Å². The largest absolute Gasteiger partial charge is 0.459 e. The Balaban J connectivity index is 2.15. The van der Waals surface area contributed by atoms with Crippen LogP contribution >= 0.6 is 0 Å². The van der Waals surface area contributed by atoms with Crippen molar-refractivity contribution in [3.8, 4) is 0 Å². The number of ether oxygens (including phenoxy) is 1. The lowest BCUT2D eigenvalue weighted by atomic mass is 10.2. The summed E-state index contributed by atoms with van der Waals surface area (Å²) in [5.74, 6) is -1.00. The van der Waals surface area contributed by atoms with E-state index in [0.717, 1.165) is 5.56 Å². The van der Waals surface area contributed by atoms with Gasteiger partial charge in [0.05, 0.1) is 0 Å². The lowest BCUT2D eigenvalue weighted by Crippen LogP contribution is -2.37. The second-order valence-electron chi connectivity index (χ2n) is 5.65. The average Bonchev–Trinajstić information content (AvgIpc) is 2.69. The van der Waals surface area contributed by atoms with Crippen LogP contribution in [0.15, 0.2) is 18.3 Å². The highest BCUT2D eigenvalue weighted by Crippen LogP contribution is 2.27. The van der Waals surface area contributed by atoms with Crippen LogP contribution in [0.1, 0.15) is 26.3 Å². The molecule has 0 saturated carbocycles. The van der Waals surface area contributed by atoms with E-state index in [0.29, 0.717) is 18.8 Å². The number of carbonyl (C=O) groups excluding carboxylic acids is 1. The molecule has 0 N–H and O–H groups in total. The van der Waals surface area contributed by atoms with E-state index < -0.39 is 27.3 Å². The van der Waals surface area contributed by atoms with Gasteiger partial charge in [-0.2, -0.15) is 0 Å². The van der Waals surface area contributed by atoms with E-state index in [-0.39, 0.29) is 0 Å². The van der Waals surface area contributed by atoms with Crippen molar-refractivity contribution in [2.45, 2.75) is 32.8 Å². The summed E-state index contributed by atoms with van der Waals surface area (Å²) in [6.07, 6.45) is 2.15. The van der Waals surface area contributed by atoms with Gasteiger partial charge in [-0.25, -0.2) is 13.4 Å². The molecule has 2 rings (SSSR count). The van der Waals surface area contributed by atoms with E-state index in [4.69, 9.17) is 4.74 Å². The maximum Gasteiger partial charge on any atom is 0.323 e. The average molecular weight is 298 g/mol. The zero-order valence-electron chi connectivity index (χ0n) is 11.8. The van der Waals surface area contributed by atoms with Gasteiger partial charge in [0.15, 0.2) is 5.75 Å². The zero-order chi connectivity index (χ0) is 15.0. The minimum Gasteiger partial charge on any atom is -0.459 e. The molecule has 110 valence electrons. The van der Waals surface area contributed by atoms with Crippen LogP contribution in [-0.2, 0) is 26.0 Å². The zero-order valence-corrected chi connectivity index (χ0v) is 12.6. The van der Waals surface area contributed by atoms with Crippen molar-refractivity contribution < 1.29 is 17.9 Å². The molecule has 0 unspecified atom stereocenters. The molecule has 1 aliphatic heterocycles. The molecule has 1 aliphatic rings. The molecule has 0 fully saturated rings. The van der Waals surface area contributed by atoms with Crippen LogP contribution in [0.2, 0.25) is 0 Å². The van der Waals surface area contributed by atoms with Gasteiger partial charge >= 0.3 is 5.97 Å². The fourth-order valence-corrected chi connectivity index (χ4v) is 3.36. The van der Waals surface area contributed by atoms with Crippen LogP contribution in [0.25, 0.3) is 0 Å². The molecule has 0 saturated heterocycles. The fraction of sp³-hybridized carbons (Fsp3) is 0.538. The molecular formula is C13H18N2O4S. The van der Waals surface area contributed by atoms with Crippen LogP contribution in [0.5, 0.6) is 0 Å². The van der Waals surface area contributed by atoms with Crippen molar-refractivity contribution >= 4 is 21.8 Å². The molecule has 0 spiro atoms. The summed E-state index contributed by atoms with van der Waals surface area (Å²) in [5, 5.41) is 0. The highest BCUT2D eigenvalue weighted by molar-refractivity contribution is 7.93. The number of nitrogens with zero attached hydrogens (tertiary/aromatic N) is 2. The maximum atomic E-state index is 12.3. The van der Waals surface area contributed by atoms with Crippen LogP contribution in [0, 0.1) is 0 Å². The maximum absolute atomic E-state index is 12.3. The first-order valence-corrected chi connectivity index (χ1v) is 7.96. The molecule has 0 amide bonds. The Morgan fingerprint density at radius 3 is 2.80 bits per heavy atom. The van der Waals surface area contributed by atoms with Crippen molar-refractivity contribution in [2.75, 3.05) is 16.6 Å². The number of anilines is 1. The third kappa shape index (κ3) is 3.27. The summed E-state index contributed by atoms with van der Waals surface area (Å²) < 4.78 is 30.8. The van der Waals surface area contributed by atoms with E-state index in [9.17, 15) is 13.2 Å². The third-order valence-electron chi connectivity index (χ3n) is 2.74. The van der Waals surface area contributed by atoms with Crippen molar-refractivity contribution in [1.29, 1.82) is 0 Å². The van der Waals surface area contributed by atoms with Crippen LogP contribution < -0.4 is 4.31 Å². The van der Waals surface area contributed by atoms with Crippen LogP contribution in [0.3, 0.4) is 0 Å². The first-order chi connectivity index (χ1) is 9.19. The molecular weight excluding hydrogens is 280 g/mol. The number of carbonyl (C=O) groups is 1. The standard InChI is InChI=1S/C13H18N2O4S/c1-13(2,3)19-11(16)9-20(17,18)15-8-6-10-5-4-7-14-12(10)15/h4-5,7H,6,8-9H2,1-3H3.